The Labute approximate surface area is 118 Å². The summed E-state index contributed by atoms with van der Waals surface area (Å²) in [6.07, 6.45) is 2.28. The van der Waals surface area contributed by atoms with Crippen molar-refractivity contribution in [2.24, 2.45) is 5.92 Å². The average Bonchev–Trinajstić information content (AvgIpc) is 3.15. The fraction of sp³-hybridized carbons (Fsp3) is 0.467. The van der Waals surface area contributed by atoms with Crippen LogP contribution in [-0.4, -0.2) is 16.7 Å². The van der Waals surface area contributed by atoms with E-state index in [2.05, 4.69) is 10.1 Å². The summed E-state index contributed by atoms with van der Waals surface area (Å²) in [5, 5.41) is 4.09. The first-order valence-corrected chi connectivity index (χ1v) is 7.01. The molecule has 5 heteroatoms. The van der Waals surface area contributed by atoms with E-state index in [0.29, 0.717) is 29.9 Å². The highest BCUT2D eigenvalue weighted by Crippen LogP contribution is 2.42. The number of nitrogens with two attached hydrogens (primary N) is 1. The third-order valence-corrected chi connectivity index (χ3v) is 3.61. The number of hydrogen-bond donors (Lipinski definition) is 1. The zero-order chi connectivity index (χ0) is 14.1. The van der Waals surface area contributed by atoms with E-state index in [1.807, 2.05) is 32.0 Å². The van der Waals surface area contributed by atoms with Gasteiger partial charge in [0.15, 0.2) is 0 Å². The van der Waals surface area contributed by atoms with E-state index in [-0.39, 0.29) is 6.10 Å². The third kappa shape index (κ3) is 2.41. The molecule has 0 aliphatic heterocycles. The number of nitrogen functional groups attached to an aromatic ring is 1. The molecule has 5 nitrogen and oxygen atoms in total. The first kappa shape index (κ1) is 13.1. The predicted octanol–water partition coefficient (Wildman–Crippen LogP) is 3.11. The lowest BCUT2D eigenvalue weighted by atomic mass is 10.1. The van der Waals surface area contributed by atoms with Crippen LogP contribution in [0.4, 0.5) is 5.69 Å². The van der Waals surface area contributed by atoms with Crippen LogP contribution in [0.5, 0.6) is 0 Å². The highest BCUT2D eigenvalue weighted by Gasteiger charge is 2.36. The Hall–Kier alpha value is -1.88. The van der Waals surface area contributed by atoms with Crippen molar-refractivity contribution in [2.75, 3.05) is 12.3 Å². The molecule has 106 valence electrons. The number of benzene rings is 1. The SMILES string of the molecule is CCOC(c1noc(-c2c(C)cccc2N)n1)C1CC1. The van der Waals surface area contributed by atoms with E-state index in [9.17, 15) is 0 Å². The van der Waals surface area contributed by atoms with Gasteiger partial charge in [-0.05, 0) is 44.2 Å². The number of hydrogen-bond acceptors (Lipinski definition) is 5. The molecule has 0 radical (unpaired) electrons. The van der Waals surface area contributed by atoms with Crippen LogP contribution in [0.3, 0.4) is 0 Å². The van der Waals surface area contributed by atoms with Crippen molar-refractivity contribution in [1.29, 1.82) is 0 Å². The van der Waals surface area contributed by atoms with Crippen LogP contribution < -0.4 is 5.73 Å². The molecule has 1 atom stereocenters. The van der Waals surface area contributed by atoms with E-state index in [4.69, 9.17) is 15.0 Å². The number of anilines is 1. The summed E-state index contributed by atoms with van der Waals surface area (Å²) >= 11 is 0. The zero-order valence-corrected chi connectivity index (χ0v) is 11.8. The number of nitrogens with zero attached hydrogens (tertiary/aromatic N) is 2. The molecule has 2 N–H and O–H groups in total. The molecule has 0 amide bonds. The van der Waals surface area contributed by atoms with Crippen molar-refractivity contribution in [3.63, 3.8) is 0 Å². The maximum Gasteiger partial charge on any atom is 0.260 e. The Balaban J connectivity index is 1.93. The van der Waals surface area contributed by atoms with Crippen LogP contribution in [0.2, 0.25) is 0 Å². The predicted molar refractivity (Wildman–Crippen MR) is 76.0 cm³/mol. The number of rotatable bonds is 5. The van der Waals surface area contributed by atoms with Gasteiger partial charge in [0.2, 0.25) is 5.82 Å². The molecule has 20 heavy (non-hydrogen) atoms. The van der Waals surface area contributed by atoms with Gasteiger partial charge in [0.25, 0.3) is 5.89 Å². The normalized spacial score (nSPS) is 16.3. The Bertz CT molecular complexity index is 585. The number of ether oxygens (including phenoxy) is 1. The quantitative estimate of drug-likeness (QED) is 0.847. The van der Waals surface area contributed by atoms with Crippen LogP contribution in [0.25, 0.3) is 11.5 Å². The molecule has 1 aliphatic rings. The summed E-state index contributed by atoms with van der Waals surface area (Å²) in [7, 11) is 0. The van der Waals surface area contributed by atoms with Gasteiger partial charge in [-0.3, -0.25) is 0 Å². The van der Waals surface area contributed by atoms with Gasteiger partial charge < -0.3 is 15.0 Å². The molecule has 0 bridgehead atoms. The minimum absolute atomic E-state index is 0.0530. The summed E-state index contributed by atoms with van der Waals surface area (Å²) in [6.45, 7) is 4.61. The molecular weight excluding hydrogens is 254 g/mol. The zero-order valence-electron chi connectivity index (χ0n) is 11.8. The van der Waals surface area contributed by atoms with Gasteiger partial charge in [0, 0.05) is 12.3 Å². The first-order valence-electron chi connectivity index (χ1n) is 7.01. The van der Waals surface area contributed by atoms with Crippen molar-refractivity contribution in [2.45, 2.75) is 32.8 Å². The molecule has 1 heterocycles. The Kier molecular flexibility index (Phi) is 3.44. The van der Waals surface area contributed by atoms with Crippen LogP contribution in [0.1, 0.15) is 37.3 Å². The lowest BCUT2D eigenvalue weighted by Gasteiger charge is -2.11. The monoisotopic (exact) mass is 273 g/mol. The van der Waals surface area contributed by atoms with Crippen LogP contribution in [0.15, 0.2) is 22.7 Å². The van der Waals surface area contributed by atoms with Gasteiger partial charge >= 0.3 is 0 Å². The lowest BCUT2D eigenvalue weighted by Crippen LogP contribution is -2.08. The first-order chi connectivity index (χ1) is 9.70. The molecular formula is C15H19N3O2. The third-order valence-electron chi connectivity index (χ3n) is 3.61. The van der Waals surface area contributed by atoms with Gasteiger partial charge in [-0.1, -0.05) is 17.3 Å². The lowest BCUT2D eigenvalue weighted by molar-refractivity contribution is 0.0385. The highest BCUT2D eigenvalue weighted by atomic mass is 16.5. The molecule has 1 unspecified atom stereocenters. The van der Waals surface area contributed by atoms with E-state index in [1.165, 1.54) is 12.8 Å². The molecule has 0 saturated heterocycles. The Morgan fingerprint density at radius 1 is 1.45 bits per heavy atom. The molecule has 1 aromatic heterocycles. The molecule has 1 aliphatic carbocycles. The second kappa shape index (κ2) is 5.25. The number of aryl methyl sites for hydroxylation is 1. The fourth-order valence-corrected chi connectivity index (χ4v) is 2.43. The minimum atomic E-state index is -0.0530. The standard InChI is InChI=1S/C15H19N3O2/c1-3-19-13(10-7-8-10)14-17-15(20-18-14)12-9(2)5-4-6-11(12)16/h4-6,10,13H,3,7-8,16H2,1-2H3. The second-order valence-corrected chi connectivity index (χ2v) is 5.21. The van der Waals surface area contributed by atoms with Gasteiger partial charge in [-0.25, -0.2) is 0 Å². The van der Waals surface area contributed by atoms with Crippen molar-refractivity contribution < 1.29 is 9.26 Å². The summed E-state index contributed by atoms with van der Waals surface area (Å²) in [5.74, 6) is 1.63. The van der Waals surface area contributed by atoms with Gasteiger partial charge in [0.1, 0.15) is 6.10 Å². The molecule has 1 aromatic carbocycles. The van der Waals surface area contributed by atoms with Gasteiger partial charge in [-0.15, -0.1) is 0 Å². The van der Waals surface area contributed by atoms with E-state index >= 15 is 0 Å². The maximum atomic E-state index is 6.01. The minimum Gasteiger partial charge on any atom is -0.398 e. The van der Waals surface area contributed by atoms with Crippen molar-refractivity contribution in [1.82, 2.24) is 10.1 Å². The molecule has 2 aromatic rings. The van der Waals surface area contributed by atoms with Crippen molar-refractivity contribution in [3.05, 3.63) is 29.6 Å². The molecule has 1 saturated carbocycles. The van der Waals surface area contributed by atoms with Crippen molar-refractivity contribution in [3.8, 4) is 11.5 Å². The smallest absolute Gasteiger partial charge is 0.260 e. The van der Waals surface area contributed by atoms with Crippen LogP contribution in [-0.2, 0) is 4.74 Å². The molecule has 3 rings (SSSR count). The molecule has 1 fully saturated rings. The van der Waals surface area contributed by atoms with Crippen LogP contribution in [0, 0.1) is 12.8 Å². The van der Waals surface area contributed by atoms with Gasteiger partial charge in [-0.2, -0.15) is 4.98 Å². The Morgan fingerprint density at radius 2 is 2.25 bits per heavy atom. The van der Waals surface area contributed by atoms with Crippen LogP contribution >= 0.6 is 0 Å². The summed E-state index contributed by atoms with van der Waals surface area (Å²) < 4.78 is 11.1. The van der Waals surface area contributed by atoms with E-state index in [0.717, 1.165) is 11.1 Å². The largest absolute Gasteiger partial charge is 0.398 e. The average molecular weight is 273 g/mol. The second-order valence-electron chi connectivity index (χ2n) is 5.21. The van der Waals surface area contributed by atoms with Crippen molar-refractivity contribution >= 4 is 5.69 Å². The van der Waals surface area contributed by atoms with Gasteiger partial charge in [0.05, 0.1) is 5.56 Å². The van der Waals surface area contributed by atoms with E-state index in [1.54, 1.807) is 0 Å². The topological polar surface area (TPSA) is 74.2 Å². The maximum absolute atomic E-state index is 6.01. The fourth-order valence-electron chi connectivity index (χ4n) is 2.43. The molecule has 0 spiro atoms. The highest BCUT2D eigenvalue weighted by molar-refractivity contribution is 5.73. The summed E-state index contributed by atoms with van der Waals surface area (Å²) in [5.41, 5.74) is 8.51. The summed E-state index contributed by atoms with van der Waals surface area (Å²) in [4.78, 5) is 4.50. The summed E-state index contributed by atoms with van der Waals surface area (Å²) in [6, 6.07) is 5.74. The Morgan fingerprint density at radius 3 is 2.90 bits per heavy atom. The number of aromatic nitrogens is 2. The van der Waals surface area contributed by atoms with E-state index < -0.39 is 0 Å².